The summed E-state index contributed by atoms with van der Waals surface area (Å²) >= 11 is 0. The van der Waals surface area contributed by atoms with E-state index in [0.29, 0.717) is 11.4 Å². The average molecular weight is 220 g/mol. The number of aryl methyl sites for hydroxylation is 1. The van der Waals surface area contributed by atoms with Gasteiger partial charge in [-0.15, -0.1) is 0 Å². The maximum absolute atomic E-state index is 13.2. The molecule has 0 atom stereocenters. The van der Waals surface area contributed by atoms with E-state index in [1.54, 1.807) is 24.0 Å². The maximum atomic E-state index is 13.2. The van der Waals surface area contributed by atoms with Gasteiger partial charge in [0, 0.05) is 25.0 Å². The molecule has 1 aromatic heterocycles. The van der Waals surface area contributed by atoms with E-state index in [9.17, 15) is 9.18 Å². The molecule has 2 rings (SSSR count). The molecule has 0 aliphatic carbocycles. The van der Waals surface area contributed by atoms with E-state index >= 15 is 0 Å². The van der Waals surface area contributed by atoms with Gasteiger partial charge >= 0.3 is 5.97 Å². The lowest BCUT2D eigenvalue weighted by Gasteiger charge is -2.03. The lowest BCUT2D eigenvalue weighted by Crippen LogP contribution is -1.99. The number of carbonyl (C=O) groups is 1. The highest BCUT2D eigenvalue weighted by Gasteiger charge is 2.10. The van der Waals surface area contributed by atoms with Gasteiger partial charge in [0.15, 0.2) is 0 Å². The zero-order valence-corrected chi connectivity index (χ0v) is 8.51. The minimum absolute atomic E-state index is 0.0852. The molecule has 0 radical (unpaired) electrons. The van der Waals surface area contributed by atoms with Gasteiger partial charge in [-0.2, -0.15) is 0 Å². The molecule has 1 aromatic carbocycles. The van der Waals surface area contributed by atoms with E-state index in [4.69, 9.17) is 5.11 Å². The van der Waals surface area contributed by atoms with E-state index in [0.717, 1.165) is 6.07 Å². The van der Waals surface area contributed by atoms with Crippen molar-refractivity contribution in [3.05, 3.63) is 42.0 Å². The van der Waals surface area contributed by atoms with Crippen molar-refractivity contribution in [2.24, 2.45) is 7.05 Å². The van der Waals surface area contributed by atoms with Crippen LogP contribution in [-0.4, -0.2) is 20.6 Å². The van der Waals surface area contributed by atoms with Crippen molar-refractivity contribution in [1.82, 2.24) is 9.55 Å². The van der Waals surface area contributed by atoms with Crippen LogP contribution in [0.2, 0.25) is 0 Å². The van der Waals surface area contributed by atoms with Crippen molar-refractivity contribution >= 4 is 5.97 Å². The Hall–Kier alpha value is -2.17. The molecule has 1 N–H and O–H groups in total. The zero-order valence-electron chi connectivity index (χ0n) is 8.51. The number of aromatic nitrogens is 2. The van der Waals surface area contributed by atoms with Gasteiger partial charge in [-0.05, 0) is 18.2 Å². The van der Waals surface area contributed by atoms with Crippen molar-refractivity contribution in [3.8, 4) is 11.4 Å². The summed E-state index contributed by atoms with van der Waals surface area (Å²) in [6.45, 7) is 0. The van der Waals surface area contributed by atoms with Crippen LogP contribution in [-0.2, 0) is 7.05 Å². The fourth-order valence-corrected chi connectivity index (χ4v) is 1.49. The van der Waals surface area contributed by atoms with Gasteiger partial charge < -0.3 is 9.67 Å². The molecule has 82 valence electrons. The normalized spacial score (nSPS) is 10.4. The van der Waals surface area contributed by atoms with Crippen molar-refractivity contribution in [2.45, 2.75) is 0 Å². The zero-order chi connectivity index (χ0) is 11.7. The molecular formula is C11H9FN2O2. The molecule has 0 spiro atoms. The van der Waals surface area contributed by atoms with Crippen molar-refractivity contribution in [1.29, 1.82) is 0 Å². The van der Waals surface area contributed by atoms with Crippen LogP contribution < -0.4 is 0 Å². The maximum Gasteiger partial charge on any atom is 0.335 e. The number of aromatic carboxylic acids is 1. The predicted molar refractivity (Wildman–Crippen MR) is 55.6 cm³/mol. The topological polar surface area (TPSA) is 55.1 Å². The fraction of sp³-hybridized carbons (Fsp3) is 0.0909. The summed E-state index contributed by atoms with van der Waals surface area (Å²) in [6.07, 6.45) is 3.28. The molecule has 4 nitrogen and oxygen atoms in total. The number of hydrogen-bond donors (Lipinski definition) is 1. The van der Waals surface area contributed by atoms with Crippen molar-refractivity contribution in [3.63, 3.8) is 0 Å². The third-order valence-electron chi connectivity index (χ3n) is 2.22. The van der Waals surface area contributed by atoms with E-state index in [2.05, 4.69) is 4.98 Å². The second-order valence-electron chi connectivity index (χ2n) is 3.40. The van der Waals surface area contributed by atoms with Crippen LogP contribution in [0.4, 0.5) is 4.39 Å². The Morgan fingerprint density at radius 1 is 1.44 bits per heavy atom. The summed E-state index contributed by atoms with van der Waals surface area (Å²) in [5, 5.41) is 8.81. The molecule has 0 aliphatic rings. The molecule has 0 fully saturated rings. The third-order valence-corrected chi connectivity index (χ3v) is 2.22. The minimum Gasteiger partial charge on any atom is -0.478 e. The van der Waals surface area contributed by atoms with Gasteiger partial charge in [0.25, 0.3) is 0 Å². The van der Waals surface area contributed by atoms with Gasteiger partial charge in [0.1, 0.15) is 11.6 Å². The predicted octanol–water partition coefficient (Wildman–Crippen LogP) is 1.92. The molecular weight excluding hydrogens is 211 g/mol. The van der Waals surface area contributed by atoms with Gasteiger partial charge in [-0.3, -0.25) is 0 Å². The first kappa shape index (κ1) is 10.4. The SMILES string of the molecule is Cn1ccnc1-c1cc(F)cc(C(=O)O)c1. The Labute approximate surface area is 91.0 Å². The standard InChI is InChI=1S/C11H9FN2O2/c1-14-3-2-13-10(14)7-4-8(11(15)16)6-9(12)5-7/h2-6H,1H3,(H,15,16). The van der Waals surface area contributed by atoms with E-state index in [-0.39, 0.29) is 5.56 Å². The lowest BCUT2D eigenvalue weighted by molar-refractivity contribution is 0.0696. The van der Waals surface area contributed by atoms with E-state index < -0.39 is 11.8 Å². The average Bonchev–Trinajstić information content (AvgIpc) is 2.63. The Kier molecular flexibility index (Phi) is 2.44. The summed E-state index contributed by atoms with van der Waals surface area (Å²) in [5.41, 5.74) is 0.364. The van der Waals surface area contributed by atoms with E-state index in [1.807, 2.05) is 0 Å². The highest BCUT2D eigenvalue weighted by atomic mass is 19.1. The van der Waals surface area contributed by atoms with Crippen LogP contribution in [0.3, 0.4) is 0 Å². The van der Waals surface area contributed by atoms with Crippen LogP contribution >= 0.6 is 0 Å². The first-order chi connectivity index (χ1) is 7.58. The molecule has 0 unspecified atom stereocenters. The quantitative estimate of drug-likeness (QED) is 0.841. The first-order valence-corrected chi connectivity index (χ1v) is 4.59. The number of hydrogen-bond acceptors (Lipinski definition) is 2. The van der Waals surface area contributed by atoms with Gasteiger partial charge in [-0.25, -0.2) is 14.2 Å². The second kappa shape index (κ2) is 3.77. The highest BCUT2D eigenvalue weighted by Crippen LogP contribution is 2.19. The molecule has 0 aliphatic heterocycles. The van der Waals surface area contributed by atoms with Crippen LogP contribution in [0.15, 0.2) is 30.6 Å². The Morgan fingerprint density at radius 2 is 2.19 bits per heavy atom. The minimum atomic E-state index is -1.16. The number of carboxylic acid groups (broad SMARTS) is 1. The Bertz CT molecular complexity index is 549. The molecule has 0 bridgehead atoms. The van der Waals surface area contributed by atoms with Crippen LogP contribution in [0.1, 0.15) is 10.4 Å². The number of imidazole rings is 1. The summed E-state index contributed by atoms with van der Waals surface area (Å²) < 4.78 is 14.9. The lowest BCUT2D eigenvalue weighted by atomic mass is 10.1. The summed E-state index contributed by atoms with van der Waals surface area (Å²) in [5.74, 6) is -1.21. The van der Waals surface area contributed by atoms with Crippen molar-refractivity contribution < 1.29 is 14.3 Å². The largest absolute Gasteiger partial charge is 0.478 e. The second-order valence-corrected chi connectivity index (χ2v) is 3.40. The van der Waals surface area contributed by atoms with Gasteiger partial charge in [-0.1, -0.05) is 0 Å². The Balaban J connectivity index is 2.58. The molecule has 0 amide bonds. The molecule has 2 aromatic rings. The summed E-state index contributed by atoms with van der Waals surface area (Å²) in [7, 11) is 1.76. The molecule has 0 saturated carbocycles. The summed E-state index contributed by atoms with van der Waals surface area (Å²) in [4.78, 5) is 14.8. The van der Waals surface area contributed by atoms with Crippen LogP contribution in [0.5, 0.6) is 0 Å². The number of halogens is 1. The fourth-order valence-electron chi connectivity index (χ4n) is 1.49. The molecule has 5 heteroatoms. The summed E-state index contributed by atoms with van der Waals surface area (Å²) in [6, 6.07) is 3.64. The van der Waals surface area contributed by atoms with E-state index in [1.165, 1.54) is 12.1 Å². The molecule has 1 heterocycles. The van der Waals surface area contributed by atoms with Crippen molar-refractivity contribution in [2.75, 3.05) is 0 Å². The Morgan fingerprint density at radius 3 is 2.75 bits per heavy atom. The number of rotatable bonds is 2. The third kappa shape index (κ3) is 1.79. The monoisotopic (exact) mass is 220 g/mol. The van der Waals surface area contributed by atoms with Gasteiger partial charge in [0.2, 0.25) is 0 Å². The number of carboxylic acids is 1. The molecule has 0 saturated heterocycles. The van der Waals surface area contributed by atoms with Crippen LogP contribution in [0.25, 0.3) is 11.4 Å². The van der Waals surface area contributed by atoms with Gasteiger partial charge in [0.05, 0.1) is 5.56 Å². The van der Waals surface area contributed by atoms with Crippen LogP contribution in [0, 0.1) is 5.82 Å². The number of benzene rings is 1. The first-order valence-electron chi connectivity index (χ1n) is 4.59. The molecule has 16 heavy (non-hydrogen) atoms. The number of nitrogens with zero attached hydrogens (tertiary/aromatic N) is 2. The highest BCUT2D eigenvalue weighted by molar-refractivity contribution is 5.89. The smallest absolute Gasteiger partial charge is 0.335 e.